The van der Waals surface area contributed by atoms with Gasteiger partial charge in [0.2, 0.25) is 0 Å². The summed E-state index contributed by atoms with van der Waals surface area (Å²) < 4.78 is 5.40. The molecule has 1 fully saturated rings. The Bertz CT molecular complexity index is 307. The van der Waals surface area contributed by atoms with Crippen LogP contribution in [0.3, 0.4) is 0 Å². The minimum Gasteiger partial charge on any atom is -0.469 e. The van der Waals surface area contributed by atoms with Crippen molar-refractivity contribution in [3.05, 3.63) is 24.2 Å². The van der Waals surface area contributed by atoms with Gasteiger partial charge in [0.05, 0.1) is 6.26 Å². The predicted octanol–water partition coefficient (Wildman–Crippen LogP) is 1.10. The summed E-state index contributed by atoms with van der Waals surface area (Å²) in [6.45, 7) is 9.06. The molecule has 102 valence electrons. The number of rotatable bonds is 7. The van der Waals surface area contributed by atoms with Gasteiger partial charge in [0.1, 0.15) is 5.76 Å². The molecule has 0 spiro atoms. The molecule has 2 heterocycles. The van der Waals surface area contributed by atoms with Crippen molar-refractivity contribution in [2.75, 3.05) is 39.3 Å². The highest BCUT2D eigenvalue weighted by Crippen LogP contribution is 2.06. The van der Waals surface area contributed by atoms with Crippen LogP contribution in [-0.2, 0) is 6.42 Å². The Labute approximate surface area is 110 Å². The number of nitrogens with zero attached hydrogens (tertiary/aromatic N) is 1. The first-order valence-corrected chi connectivity index (χ1v) is 7.07. The summed E-state index contributed by atoms with van der Waals surface area (Å²) >= 11 is 0. The SMILES string of the molecule is CCC(Cc1ccco1)NCCN1CCNCC1. The highest BCUT2D eigenvalue weighted by molar-refractivity contribution is 5.00. The molecule has 4 heteroatoms. The van der Waals surface area contributed by atoms with Gasteiger partial charge in [-0.3, -0.25) is 4.90 Å². The van der Waals surface area contributed by atoms with Gasteiger partial charge < -0.3 is 15.1 Å². The number of hydrogen-bond acceptors (Lipinski definition) is 4. The first-order chi connectivity index (χ1) is 8.88. The fraction of sp³-hybridized carbons (Fsp3) is 0.714. The average Bonchev–Trinajstić information content (AvgIpc) is 2.92. The zero-order valence-electron chi connectivity index (χ0n) is 11.3. The van der Waals surface area contributed by atoms with Crippen molar-refractivity contribution < 1.29 is 4.42 Å². The van der Waals surface area contributed by atoms with Crippen LogP contribution in [0.2, 0.25) is 0 Å². The monoisotopic (exact) mass is 251 g/mol. The summed E-state index contributed by atoms with van der Waals surface area (Å²) in [6, 6.07) is 4.54. The van der Waals surface area contributed by atoms with Crippen LogP contribution >= 0.6 is 0 Å². The largest absolute Gasteiger partial charge is 0.469 e. The van der Waals surface area contributed by atoms with Gasteiger partial charge in [-0.05, 0) is 18.6 Å². The standard InChI is InChI=1S/C14H25N3O/c1-2-13(12-14-4-3-11-18-14)16-7-10-17-8-5-15-6-9-17/h3-4,11,13,15-16H,2,5-10,12H2,1H3. The molecule has 0 bridgehead atoms. The first kappa shape index (κ1) is 13.6. The van der Waals surface area contributed by atoms with Gasteiger partial charge in [0, 0.05) is 51.7 Å². The topological polar surface area (TPSA) is 40.4 Å². The lowest BCUT2D eigenvalue weighted by Crippen LogP contribution is -2.46. The average molecular weight is 251 g/mol. The summed E-state index contributed by atoms with van der Waals surface area (Å²) in [5.74, 6) is 1.08. The number of piperazine rings is 1. The second kappa shape index (κ2) is 7.56. The van der Waals surface area contributed by atoms with E-state index in [-0.39, 0.29) is 0 Å². The fourth-order valence-corrected chi connectivity index (χ4v) is 2.39. The van der Waals surface area contributed by atoms with Crippen molar-refractivity contribution in [2.45, 2.75) is 25.8 Å². The van der Waals surface area contributed by atoms with Crippen LogP contribution in [0.4, 0.5) is 0 Å². The Morgan fingerprint density at radius 2 is 2.28 bits per heavy atom. The van der Waals surface area contributed by atoms with Gasteiger partial charge in [0.15, 0.2) is 0 Å². The molecule has 4 nitrogen and oxygen atoms in total. The lowest BCUT2D eigenvalue weighted by molar-refractivity contribution is 0.237. The van der Waals surface area contributed by atoms with E-state index in [0.717, 1.165) is 44.8 Å². The Hall–Kier alpha value is -0.840. The van der Waals surface area contributed by atoms with Gasteiger partial charge in [-0.1, -0.05) is 6.92 Å². The molecule has 0 amide bonds. The zero-order chi connectivity index (χ0) is 12.6. The van der Waals surface area contributed by atoms with Gasteiger partial charge in [0.25, 0.3) is 0 Å². The molecule has 0 radical (unpaired) electrons. The molecular weight excluding hydrogens is 226 g/mol. The minimum absolute atomic E-state index is 0.527. The molecular formula is C14H25N3O. The van der Waals surface area contributed by atoms with E-state index in [9.17, 15) is 0 Å². The third kappa shape index (κ3) is 4.44. The second-order valence-corrected chi connectivity index (χ2v) is 4.93. The van der Waals surface area contributed by atoms with E-state index in [1.54, 1.807) is 6.26 Å². The van der Waals surface area contributed by atoms with Crippen molar-refractivity contribution in [3.63, 3.8) is 0 Å². The lowest BCUT2D eigenvalue weighted by Gasteiger charge is -2.28. The van der Waals surface area contributed by atoms with Gasteiger partial charge >= 0.3 is 0 Å². The molecule has 1 unspecified atom stereocenters. The van der Waals surface area contributed by atoms with Crippen LogP contribution in [0.15, 0.2) is 22.8 Å². The summed E-state index contributed by atoms with van der Waals surface area (Å²) in [5, 5.41) is 7.01. The third-order valence-electron chi connectivity index (χ3n) is 3.59. The molecule has 0 saturated carbocycles. The van der Waals surface area contributed by atoms with E-state index in [0.29, 0.717) is 6.04 Å². The van der Waals surface area contributed by atoms with E-state index in [1.807, 2.05) is 6.07 Å². The summed E-state index contributed by atoms with van der Waals surface area (Å²) in [5.41, 5.74) is 0. The predicted molar refractivity (Wildman–Crippen MR) is 73.8 cm³/mol. The second-order valence-electron chi connectivity index (χ2n) is 4.93. The normalized spacial score (nSPS) is 18.9. The lowest BCUT2D eigenvalue weighted by atomic mass is 10.1. The number of nitrogens with one attached hydrogen (secondary N) is 2. The van der Waals surface area contributed by atoms with Crippen molar-refractivity contribution in [2.24, 2.45) is 0 Å². The van der Waals surface area contributed by atoms with E-state index >= 15 is 0 Å². The Morgan fingerprint density at radius 1 is 1.44 bits per heavy atom. The number of furan rings is 1. The van der Waals surface area contributed by atoms with Crippen LogP contribution in [0.5, 0.6) is 0 Å². The van der Waals surface area contributed by atoms with Crippen molar-refractivity contribution in [3.8, 4) is 0 Å². The minimum atomic E-state index is 0.527. The quantitative estimate of drug-likeness (QED) is 0.761. The smallest absolute Gasteiger partial charge is 0.105 e. The molecule has 1 aromatic heterocycles. The highest BCUT2D eigenvalue weighted by Gasteiger charge is 2.11. The molecule has 2 rings (SSSR count). The van der Waals surface area contributed by atoms with Gasteiger partial charge in [-0.25, -0.2) is 0 Å². The van der Waals surface area contributed by atoms with E-state index in [1.165, 1.54) is 13.1 Å². The molecule has 0 aromatic carbocycles. The maximum atomic E-state index is 5.40. The first-order valence-electron chi connectivity index (χ1n) is 7.07. The highest BCUT2D eigenvalue weighted by atomic mass is 16.3. The Kier molecular flexibility index (Phi) is 5.71. The number of hydrogen-bond donors (Lipinski definition) is 2. The molecule has 0 aliphatic carbocycles. The van der Waals surface area contributed by atoms with E-state index in [2.05, 4.69) is 28.5 Å². The molecule has 1 saturated heterocycles. The molecule has 1 atom stereocenters. The van der Waals surface area contributed by atoms with Crippen LogP contribution in [0, 0.1) is 0 Å². The van der Waals surface area contributed by atoms with Gasteiger partial charge in [-0.2, -0.15) is 0 Å². The molecule has 1 aliphatic rings. The Balaban J connectivity index is 1.64. The van der Waals surface area contributed by atoms with Crippen LogP contribution in [-0.4, -0.2) is 50.2 Å². The van der Waals surface area contributed by atoms with Crippen molar-refractivity contribution >= 4 is 0 Å². The van der Waals surface area contributed by atoms with Gasteiger partial charge in [-0.15, -0.1) is 0 Å². The van der Waals surface area contributed by atoms with Crippen LogP contribution in [0.25, 0.3) is 0 Å². The Morgan fingerprint density at radius 3 is 2.94 bits per heavy atom. The maximum absolute atomic E-state index is 5.40. The van der Waals surface area contributed by atoms with Crippen molar-refractivity contribution in [1.29, 1.82) is 0 Å². The summed E-state index contributed by atoms with van der Waals surface area (Å²) in [7, 11) is 0. The summed E-state index contributed by atoms with van der Waals surface area (Å²) in [4.78, 5) is 2.52. The fourth-order valence-electron chi connectivity index (χ4n) is 2.39. The molecule has 1 aliphatic heterocycles. The van der Waals surface area contributed by atoms with E-state index in [4.69, 9.17) is 4.42 Å². The maximum Gasteiger partial charge on any atom is 0.105 e. The van der Waals surface area contributed by atoms with E-state index < -0.39 is 0 Å². The molecule has 18 heavy (non-hydrogen) atoms. The van der Waals surface area contributed by atoms with Crippen molar-refractivity contribution in [1.82, 2.24) is 15.5 Å². The third-order valence-corrected chi connectivity index (χ3v) is 3.59. The zero-order valence-corrected chi connectivity index (χ0v) is 11.3. The van der Waals surface area contributed by atoms with Crippen LogP contribution < -0.4 is 10.6 Å². The summed E-state index contributed by atoms with van der Waals surface area (Å²) in [6.07, 6.45) is 3.89. The van der Waals surface area contributed by atoms with Crippen LogP contribution in [0.1, 0.15) is 19.1 Å². The molecule has 2 N–H and O–H groups in total. The molecule has 1 aromatic rings.